The highest BCUT2D eigenvalue weighted by Crippen LogP contribution is 2.49. The van der Waals surface area contributed by atoms with Gasteiger partial charge in [0, 0.05) is 11.1 Å². The van der Waals surface area contributed by atoms with E-state index in [-0.39, 0.29) is 11.7 Å². The van der Waals surface area contributed by atoms with Gasteiger partial charge in [-0.3, -0.25) is 10.1 Å². The van der Waals surface area contributed by atoms with Gasteiger partial charge in [-0.15, -0.1) is 0 Å². The lowest BCUT2D eigenvalue weighted by Crippen LogP contribution is -2.33. The molecule has 1 aromatic rings. The van der Waals surface area contributed by atoms with Crippen molar-refractivity contribution in [1.29, 1.82) is 0 Å². The summed E-state index contributed by atoms with van der Waals surface area (Å²) in [6.45, 7) is 0. The standard InChI is InChI=1S/C14H15ClN2O/c15-10-3-1-9(2-4-10)12-16-14(7-8-14)13(18)17(12)11-5-6-11/h1-4,11-12,16H,5-8H2. The van der Waals surface area contributed by atoms with Gasteiger partial charge in [0.25, 0.3) is 0 Å². The number of hydrogen-bond donors (Lipinski definition) is 1. The lowest BCUT2D eigenvalue weighted by Gasteiger charge is -2.24. The van der Waals surface area contributed by atoms with Crippen molar-refractivity contribution in [2.24, 2.45) is 0 Å². The van der Waals surface area contributed by atoms with Crippen molar-refractivity contribution < 1.29 is 4.79 Å². The summed E-state index contributed by atoms with van der Waals surface area (Å²) in [4.78, 5) is 14.5. The molecule has 0 bridgehead atoms. The lowest BCUT2D eigenvalue weighted by atomic mass is 10.1. The monoisotopic (exact) mass is 262 g/mol. The molecule has 1 saturated heterocycles. The zero-order valence-corrected chi connectivity index (χ0v) is 10.8. The maximum atomic E-state index is 12.5. The van der Waals surface area contributed by atoms with E-state index in [4.69, 9.17) is 11.6 Å². The Hall–Kier alpha value is -1.06. The Morgan fingerprint density at radius 1 is 1.22 bits per heavy atom. The largest absolute Gasteiger partial charge is 0.318 e. The summed E-state index contributed by atoms with van der Waals surface area (Å²) >= 11 is 5.93. The van der Waals surface area contributed by atoms with E-state index in [1.807, 2.05) is 24.3 Å². The van der Waals surface area contributed by atoms with Crippen LogP contribution in [-0.4, -0.2) is 22.4 Å². The van der Waals surface area contributed by atoms with Gasteiger partial charge in [-0.05, 0) is 43.4 Å². The van der Waals surface area contributed by atoms with Gasteiger partial charge in [0.1, 0.15) is 11.7 Å². The average molecular weight is 263 g/mol. The SMILES string of the molecule is O=C1N(C2CC2)C(c2ccc(Cl)cc2)NC12CC2. The minimum Gasteiger partial charge on any atom is -0.318 e. The van der Waals surface area contributed by atoms with Crippen LogP contribution in [-0.2, 0) is 4.79 Å². The van der Waals surface area contributed by atoms with Gasteiger partial charge in [0.15, 0.2) is 0 Å². The zero-order valence-electron chi connectivity index (χ0n) is 10.0. The first kappa shape index (κ1) is 10.8. The van der Waals surface area contributed by atoms with Gasteiger partial charge in [-0.2, -0.15) is 0 Å². The second-order valence-electron chi connectivity index (χ2n) is 5.62. The predicted molar refractivity (Wildman–Crippen MR) is 69.2 cm³/mol. The Balaban J connectivity index is 1.70. The summed E-state index contributed by atoms with van der Waals surface area (Å²) < 4.78 is 0. The smallest absolute Gasteiger partial charge is 0.244 e. The zero-order chi connectivity index (χ0) is 12.3. The van der Waals surface area contributed by atoms with E-state index in [0.717, 1.165) is 36.3 Å². The number of carbonyl (C=O) groups excluding carboxylic acids is 1. The third-order valence-corrected chi connectivity index (χ3v) is 4.46. The van der Waals surface area contributed by atoms with Crippen molar-refractivity contribution in [3.63, 3.8) is 0 Å². The molecule has 3 fully saturated rings. The molecule has 0 radical (unpaired) electrons. The molecule has 3 aliphatic rings. The van der Waals surface area contributed by atoms with Gasteiger partial charge in [0.05, 0.1) is 0 Å². The Bertz CT molecular complexity index is 505. The highest BCUT2D eigenvalue weighted by atomic mass is 35.5. The lowest BCUT2D eigenvalue weighted by molar-refractivity contribution is -0.131. The van der Waals surface area contributed by atoms with Crippen LogP contribution < -0.4 is 5.32 Å². The van der Waals surface area contributed by atoms with E-state index in [1.54, 1.807) is 0 Å². The molecule has 4 rings (SSSR count). The number of nitrogens with zero attached hydrogens (tertiary/aromatic N) is 1. The average Bonchev–Trinajstić information content (AvgIpc) is 3.23. The highest BCUT2D eigenvalue weighted by Gasteiger charge is 2.61. The van der Waals surface area contributed by atoms with E-state index < -0.39 is 0 Å². The topological polar surface area (TPSA) is 32.3 Å². The maximum Gasteiger partial charge on any atom is 0.244 e. The summed E-state index contributed by atoms with van der Waals surface area (Å²) in [6.07, 6.45) is 4.31. The third kappa shape index (κ3) is 1.50. The van der Waals surface area contributed by atoms with Crippen molar-refractivity contribution in [3.8, 4) is 0 Å². The van der Waals surface area contributed by atoms with E-state index in [9.17, 15) is 4.79 Å². The Morgan fingerprint density at radius 3 is 2.44 bits per heavy atom. The van der Waals surface area contributed by atoms with E-state index in [0.29, 0.717) is 11.9 Å². The number of hydrogen-bond acceptors (Lipinski definition) is 2. The second kappa shape index (κ2) is 3.49. The van der Waals surface area contributed by atoms with Crippen LogP contribution in [0.5, 0.6) is 0 Å². The van der Waals surface area contributed by atoms with Crippen molar-refractivity contribution in [2.75, 3.05) is 0 Å². The quantitative estimate of drug-likeness (QED) is 0.888. The summed E-state index contributed by atoms with van der Waals surface area (Å²) in [5.41, 5.74) is 0.913. The minimum atomic E-state index is -0.229. The van der Waals surface area contributed by atoms with Crippen LogP contribution in [0.25, 0.3) is 0 Å². The molecule has 2 aliphatic carbocycles. The second-order valence-corrected chi connectivity index (χ2v) is 6.06. The summed E-state index contributed by atoms with van der Waals surface area (Å²) in [5.74, 6) is 0.310. The van der Waals surface area contributed by atoms with Crippen molar-refractivity contribution >= 4 is 17.5 Å². The maximum absolute atomic E-state index is 12.5. The molecule has 4 heteroatoms. The molecule has 3 nitrogen and oxygen atoms in total. The number of rotatable bonds is 2. The molecular formula is C14H15ClN2O. The molecule has 1 unspecified atom stereocenters. The molecule has 1 aromatic carbocycles. The molecule has 1 aliphatic heterocycles. The van der Waals surface area contributed by atoms with Gasteiger partial charge >= 0.3 is 0 Å². The molecule has 1 spiro atoms. The summed E-state index contributed by atoms with van der Waals surface area (Å²) in [7, 11) is 0. The Morgan fingerprint density at radius 2 is 1.89 bits per heavy atom. The Kier molecular flexibility index (Phi) is 2.10. The summed E-state index contributed by atoms with van der Waals surface area (Å²) in [6, 6.07) is 8.28. The van der Waals surface area contributed by atoms with Crippen molar-refractivity contribution in [1.82, 2.24) is 10.2 Å². The number of amides is 1. The molecule has 0 aromatic heterocycles. The van der Waals surface area contributed by atoms with E-state index in [1.165, 1.54) is 0 Å². The van der Waals surface area contributed by atoms with Crippen LogP contribution in [0, 0.1) is 0 Å². The predicted octanol–water partition coefficient (Wildman–Crippen LogP) is 2.47. The fraction of sp³-hybridized carbons (Fsp3) is 0.500. The number of nitrogens with one attached hydrogen (secondary N) is 1. The highest BCUT2D eigenvalue weighted by molar-refractivity contribution is 6.30. The van der Waals surface area contributed by atoms with Crippen molar-refractivity contribution in [3.05, 3.63) is 34.9 Å². The normalized spacial score (nSPS) is 29.1. The van der Waals surface area contributed by atoms with Crippen LogP contribution in [0.4, 0.5) is 0 Å². The van der Waals surface area contributed by atoms with Crippen LogP contribution in [0.3, 0.4) is 0 Å². The van der Waals surface area contributed by atoms with Crippen LogP contribution in [0.1, 0.15) is 37.4 Å². The van der Waals surface area contributed by atoms with Gasteiger partial charge in [-0.25, -0.2) is 0 Å². The number of halogens is 1. The third-order valence-electron chi connectivity index (χ3n) is 4.21. The molecule has 1 atom stereocenters. The van der Waals surface area contributed by atoms with Gasteiger partial charge in [-0.1, -0.05) is 23.7 Å². The fourth-order valence-corrected chi connectivity index (χ4v) is 2.98. The number of benzene rings is 1. The molecule has 1 heterocycles. The molecule has 18 heavy (non-hydrogen) atoms. The first-order chi connectivity index (χ1) is 8.70. The van der Waals surface area contributed by atoms with Crippen molar-refractivity contribution in [2.45, 2.75) is 43.4 Å². The van der Waals surface area contributed by atoms with Gasteiger partial charge < -0.3 is 4.90 Å². The molecular weight excluding hydrogens is 248 g/mol. The van der Waals surface area contributed by atoms with Gasteiger partial charge in [0.2, 0.25) is 5.91 Å². The van der Waals surface area contributed by atoms with E-state index in [2.05, 4.69) is 10.2 Å². The van der Waals surface area contributed by atoms with Crippen LogP contribution in [0.15, 0.2) is 24.3 Å². The molecule has 2 saturated carbocycles. The summed E-state index contributed by atoms with van der Waals surface area (Å²) in [5, 5.41) is 4.27. The first-order valence-electron chi connectivity index (χ1n) is 6.56. The molecule has 1 amide bonds. The van der Waals surface area contributed by atoms with Crippen LogP contribution in [0.2, 0.25) is 5.02 Å². The van der Waals surface area contributed by atoms with Crippen LogP contribution >= 0.6 is 11.6 Å². The minimum absolute atomic E-state index is 0.0461. The Labute approximate surface area is 111 Å². The first-order valence-corrected chi connectivity index (χ1v) is 6.93. The fourth-order valence-electron chi connectivity index (χ4n) is 2.86. The molecule has 1 N–H and O–H groups in total. The molecule has 94 valence electrons. The number of carbonyl (C=O) groups is 1. The van der Waals surface area contributed by atoms with E-state index >= 15 is 0 Å².